The Morgan fingerprint density at radius 2 is 1.70 bits per heavy atom. The molecule has 0 unspecified atom stereocenters. The lowest BCUT2D eigenvalue weighted by Crippen LogP contribution is -2.13. The minimum absolute atomic E-state index is 0.706. The number of hydrogen-bond donors (Lipinski definition) is 1. The third-order valence-corrected chi connectivity index (χ3v) is 3.33. The SMILES string of the molecule is CCOCCOCCCCCN(S)Cc1ccccc1. The van der Waals surface area contributed by atoms with Gasteiger partial charge in [-0.15, -0.1) is 0 Å². The number of hydrogen-bond acceptors (Lipinski definition) is 4. The molecule has 0 spiro atoms. The van der Waals surface area contributed by atoms with Crippen molar-refractivity contribution < 1.29 is 9.47 Å². The summed E-state index contributed by atoms with van der Waals surface area (Å²) in [5.41, 5.74) is 1.31. The van der Waals surface area contributed by atoms with E-state index in [9.17, 15) is 0 Å². The Hall–Kier alpha value is -0.550. The van der Waals surface area contributed by atoms with Crippen LogP contribution < -0.4 is 0 Å². The molecule has 0 aliphatic heterocycles. The number of rotatable bonds is 12. The molecule has 0 atom stereocenters. The first-order valence-electron chi connectivity index (χ1n) is 7.46. The van der Waals surface area contributed by atoms with E-state index < -0.39 is 0 Å². The molecule has 4 heteroatoms. The molecule has 0 amide bonds. The van der Waals surface area contributed by atoms with Gasteiger partial charge in [0.15, 0.2) is 0 Å². The van der Waals surface area contributed by atoms with Crippen molar-refractivity contribution in [1.29, 1.82) is 0 Å². The van der Waals surface area contributed by atoms with E-state index in [1.54, 1.807) is 0 Å². The summed E-state index contributed by atoms with van der Waals surface area (Å²) in [4.78, 5) is 0. The molecule has 0 radical (unpaired) electrons. The third kappa shape index (κ3) is 9.37. The Labute approximate surface area is 128 Å². The average molecular weight is 297 g/mol. The molecular formula is C16H27NO2S. The molecular weight excluding hydrogens is 270 g/mol. The van der Waals surface area contributed by atoms with Gasteiger partial charge in [0.05, 0.1) is 13.2 Å². The molecule has 1 aromatic rings. The lowest BCUT2D eigenvalue weighted by atomic mass is 10.2. The van der Waals surface area contributed by atoms with Crippen LogP contribution in [0.2, 0.25) is 0 Å². The summed E-state index contributed by atoms with van der Waals surface area (Å²) < 4.78 is 12.8. The molecule has 3 nitrogen and oxygen atoms in total. The summed E-state index contributed by atoms with van der Waals surface area (Å²) >= 11 is 4.51. The highest BCUT2D eigenvalue weighted by Gasteiger charge is 2.00. The summed E-state index contributed by atoms with van der Waals surface area (Å²) in [5, 5.41) is 0. The van der Waals surface area contributed by atoms with Crippen LogP contribution >= 0.6 is 12.8 Å². The number of ether oxygens (including phenoxy) is 2. The van der Waals surface area contributed by atoms with Gasteiger partial charge in [-0.1, -0.05) is 43.1 Å². The molecule has 0 aliphatic carbocycles. The summed E-state index contributed by atoms with van der Waals surface area (Å²) in [5.74, 6) is 0. The van der Waals surface area contributed by atoms with Crippen molar-refractivity contribution in [3.05, 3.63) is 35.9 Å². The Kier molecular flexibility index (Phi) is 10.7. The lowest BCUT2D eigenvalue weighted by Gasteiger charge is -2.15. The van der Waals surface area contributed by atoms with E-state index >= 15 is 0 Å². The minimum Gasteiger partial charge on any atom is -0.379 e. The van der Waals surface area contributed by atoms with E-state index in [1.807, 2.05) is 13.0 Å². The van der Waals surface area contributed by atoms with Crippen molar-refractivity contribution >= 4 is 12.8 Å². The van der Waals surface area contributed by atoms with Crippen LogP contribution in [0.25, 0.3) is 0 Å². The number of unbranched alkanes of at least 4 members (excludes halogenated alkanes) is 2. The van der Waals surface area contributed by atoms with Crippen LogP contribution in [0.15, 0.2) is 30.3 Å². The topological polar surface area (TPSA) is 21.7 Å². The summed E-state index contributed by atoms with van der Waals surface area (Å²) in [7, 11) is 0. The monoisotopic (exact) mass is 297 g/mol. The van der Waals surface area contributed by atoms with Gasteiger partial charge in [-0.05, 0) is 31.7 Å². The molecule has 1 rings (SSSR count). The standard InChI is InChI=1S/C16H27NO2S/c1-2-18-13-14-19-12-8-4-7-11-17(20)15-16-9-5-3-6-10-16/h3,5-6,9-10,20H,2,4,7-8,11-15H2,1H3. The first kappa shape index (κ1) is 17.5. The van der Waals surface area contributed by atoms with E-state index in [2.05, 4.69) is 41.4 Å². The fourth-order valence-corrected chi connectivity index (χ4v) is 2.22. The van der Waals surface area contributed by atoms with Gasteiger partial charge in [-0.2, -0.15) is 0 Å². The quantitative estimate of drug-likeness (QED) is 0.471. The maximum atomic E-state index is 5.48. The molecule has 0 aliphatic rings. The molecule has 114 valence electrons. The third-order valence-electron chi connectivity index (χ3n) is 2.99. The normalized spacial score (nSPS) is 11.2. The van der Waals surface area contributed by atoms with Crippen molar-refractivity contribution in [3.63, 3.8) is 0 Å². The Morgan fingerprint density at radius 3 is 2.45 bits per heavy atom. The first-order valence-corrected chi connectivity index (χ1v) is 7.86. The predicted octanol–water partition coefficient (Wildman–Crippen LogP) is 3.56. The van der Waals surface area contributed by atoms with E-state index in [0.717, 1.165) is 39.1 Å². The molecule has 0 saturated heterocycles. The highest BCUT2D eigenvalue weighted by molar-refractivity contribution is 7.77. The van der Waals surface area contributed by atoms with Gasteiger partial charge in [0, 0.05) is 26.3 Å². The van der Waals surface area contributed by atoms with Crippen molar-refractivity contribution in [2.75, 3.05) is 33.0 Å². The van der Waals surface area contributed by atoms with Crippen molar-refractivity contribution in [2.45, 2.75) is 32.7 Å². The predicted molar refractivity (Wildman–Crippen MR) is 87.0 cm³/mol. The fourth-order valence-electron chi connectivity index (χ4n) is 1.91. The molecule has 1 aromatic carbocycles. The van der Waals surface area contributed by atoms with Gasteiger partial charge in [0.2, 0.25) is 0 Å². The van der Waals surface area contributed by atoms with Gasteiger partial charge in [-0.3, -0.25) is 0 Å². The fraction of sp³-hybridized carbons (Fsp3) is 0.625. The van der Waals surface area contributed by atoms with Gasteiger partial charge >= 0.3 is 0 Å². The second kappa shape index (κ2) is 12.2. The van der Waals surface area contributed by atoms with E-state index in [4.69, 9.17) is 9.47 Å². The Morgan fingerprint density at radius 1 is 0.950 bits per heavy atom. The van der Waals surface area contributed by atoms with Gasteiger partial charge in [0.25, 0.3) is 0 Å². The lowest BCUT2D eigenvalue weighted by molar-refractivity contribution is 0.0512. The van der Waals surface area contributed by atoms with Crippen LogP contribution in [0.4, 0.5) is 0 Å². The number of thiol groups is 1. The molecule has 0 N–H and O–H groups in total. The molecule has 0 aromatic heterocycles. The Balaban J connectivity index is 1.91. The molecule has 0 bridgehead atoms. The molecule has 20 heavy (non-hydrogen) atoms. The summed E-state index contributed by atoms with van der Waals surface area (Å²) in [6.45, 7) is 6.92. The minimum atomic E-state index is 0.706. The maximum Gasteiger partial charge on any atom is 0.0700 e. The number of nitrogens with zero attached hydrogens (tertiary/aromatic N) is 1. The van der Waals surface area contributed by atoms with Crippen LogP contribution in [0, 0.1) is 0 Å². The zero-order chi connectivity index (χ0) is 14.5. The van der Waals surface area contributed by atoms with Gasteiger partial charge < -0.3 is 9.47 Å². The highest BCUT2D eigenvalue weighted by Crippen LogP contribution is 2.08. The largest absolute Gasteiger partial charge is 0.379 e. The molecule has 0 fully saturated rings. The van der Waals surface area contributed by atoms with Crippen LogP contribution in [-0.4, -0.2) is 37.3 Å². The van der Waals surface area contributed by atoms with Gasteiger partial charge in [0.1, 0.15) is 0 Å². The van der Waals surface area contributed by atoms with Crippen molar-refractivity contribution in [2.24, 2.45) is 0 Å². The summed E-state index contributed by atoms with van der Waals surface area (Å²) in [6.07, 6.45) is 3.45. The van der Waals surface area contributed by atoms with Crippen LogP contribution in [-0.2, 0) is 16.0 Å². The van der Waals surface area contributed by atoms with Crippen molar-refractivity contribution in [1.82, 2.24) is 4.31 Å². The van der Waals surface area contributed by atoms with E-state index in [-0.39, 0.29) is 0 Å². The van der Waals surface area contributed by atoms with E-state index in [1.165, 1.54) is 12.0 Å². The van der Waals surface area contributed by atoms with Gasteiger partial charge in [-0.25, -0.2) is 4.31 Å². The van der Waals surface area contributed by atoms with Crippen LogP contribution in [0.5, 0.6) is 0 Å². The molecule has 0 saturated carbocycles. The zero-order valence-electron chi connectivity index (χ0n) is 12.5. The first-order chi connectivity index (χ1) is 9.83. The highest BCUT2D eigenvalue weighted by atomic mass is 32.1. The van der Waals surface area contributed by atoms with Crippen LogP contribution in [0.3, 0.4) is 0 Å². The second-order valence-corrected chi connectivity index (χ2v) is 5.31. The summed E-state index contributed by atoms with van der Waals surface area (Å²) in [6, 6.07) is 10.4. The number of benzene rings is 1. The average Bonchev–Trinajstić information content (AvgIpc) is 2.46. The maximum absolute atomic E-state index is 5.48. The van der Waals surface area contributed by atoms with Crippen molar-refractivity contribution in [3.8, 4) is 0 Å². The molecule has 0 heterocycles. The van der Waals surface area contributed by atoms with Crippen LogP contribution in [0.1, 0.15) is 31.7 Å². The zero-order valence-corrected chi connectivity index (χ0v) is 13.4. The Bertz CT molecular complexity index is 322. The smallest absolute Gasteiger partial charge is 0.0700 e. The van der Waals surface area contributed by atoms with E-state index in [0.29, 0.717) is 13.2 Å². The second-order valence-electron chi connectivity index (χ2n) is 4.74.